The van der Waals surface area contributed by atoms with Gasteiger partial charge < -0.3 is 9.84 Å². The van der Waals surface area contributed by atoms with E-state index < -0.39 is 11.7 Å². The van der Waals surface area contributed by atoms with Gasteiger partial charge in [-0.1, -0.05) is 140 Å². The second-order valence-electron chi connectivity index (χ2n) is 8.92. The van der Waals surface area contributed by atoms with E-state index >= 15 is 0 Å². The lowest BCUT2D eigenvalue weighted by atomic mass is 9.80. The number of rotatable bonds is 10. The second-order valence-corrected chi connectivity index (χ2v) is 10.1. The molecule has 0 radical (unpaired) electrons. The van der Waals surface area contributed by atoms with E-state index in [1.54, 1.807) is 11.8 Å². The highest BCUT2D eigenvalue weighted by atomic mass is 32.2. The molecule has 0 fully saturated rings. The second kappa shape index (κ2) is 12.1. The van der Waals surface area contributed by atoms with Crippen LogP contribution in [0.2, 0.25) is 0 Å². The fraction of sp³-hybridized carbons (Fsp3) is 0.118. The van der Waals surface area contributed by atoms with Crippen LogP contribution in [0, 0.1) is 0 Å². The van der Waals surface area contributed by atoms with E-state index in [1.165, 1.54) is 0 Å². The van der Waals surface area contributed by atoms with E-state index in [2.05, 4.69) is 60.7 Å². The van der Waals surface area contributed by atoms with Crippen molar-refractivity contribution in [2.24, 2.45) is 0 Å². The highest BCUT2D eigenvalue weighted by Gasteiger charge is 2.39. The van der Waals surface area contributed by atoms with Gasteiger partial charge in [-0.2, -0.15) is 0 Å². The number of aliphatic hydroxyl groups excluding tert-OH is 1. The quantitative estimate of drug-likeness (QED) is 0.156. The number of hydrogen-bond donors (Lipinski definition) is 1. The van der Waals surface area contributed by atoms with Gasteiger partial charge >= 0.3 is 0 Å². The molecule has 1 N–H and O–H groups in total. The number of ether oxygens (including phenoxy) is 1. The highest BCUT2D eigenvalue weighted by molar-refractivity contribution is 7.99. The van der Waals surface area contributed by atoms with Crippen LogP contribution in [0.25, 0.3) is 0 Å². The van der Waals surface area contributed by atoms with Crippen LogP contribution >= 0.6 is 11.8 Å². The highest BCUT2D eigenvalue weighted by Crippen LogP contribution is 2.43. The molecule has 0 amide bonds. The molecule has 0 aromatic heterocycles. The lowest BCUT2D eigenvalue weighted by Crippen LogP contribution is -2.36. The summed E-state index contributed by atoms with van der Waals surface area (Å²) in [5.41, 5.74) is 3.26. The van der Waals surface area contributed by atoms with Gasteiger partial charge in [0.2, 0.25) is 0 Å². The van der Waals surface area contributed by atoms with Gasteiger partial charge in [-0.3, -0.25) is 0 Å². The average molecular weight is 503 g/mol. The molecule has 0 aliphatic rings. The Labute approximate surface area is 223 Å². The zero-order valence-corrected chi connectivity index (χ0v) is 21.4. The van der Waals surface area contributed by atoms with Crippen LogP contribution in [-0.2, 0) is 10.3 Å². The third kappa shape index (κ3) is 5.70. The summed E-state index contributed by atoms with van der Waals surface area (Å²) < 4.78 is 6.93. The molecule has 2 atom stereocenters. The number of benzene rings is 5. The molecule has 5 aromatic rings. The minimum atomic E-state index is -0.872. The molecule has 0 aliphatic heterocycles. The van der Waals surface area contributed by atoms with Gasteiger partial charge in [0.25, 0.3) is 0 Å². The summed E-state index contributed by atoms with van der Waals surface area (Å²) in [5.74, 6) is 0. The maximum absolute atomic E-state index is 11.7. The zero-order chi connectivity index (χ0) is 25.3. The summed E-state index contributed by atoms with van der Waals surface area (Å²) in [6.07, 6.45) is -0.747. The largest absolute Gasteiger partial charge is 0.389 e. The molecular formula is C34H30O2S. The first-order valence-electron chi connectivity index (χ1n) is 12.5. The van der Waals surface area contributed by atoms with E-state index in [0.29, 0.717) is 0 Å². The van der Waals surface area contributed by atoms with E-state index in [0.717, 1.165) is 27.1 Å². The Morgan fingerprint density at radius 2 is 0.919 bits per heavy atom. The van der Waals surface area contributed by atoms with Crippen LogP contribution in [-0.4, -0.2) is 17.8 Å². The first-order valence-corrected chi connectivity index (χ1v) is 13.4. The van der Waals surface area contributed by atoms with Crippen LogP contribution in [0.5, 0.6) is 0 Å². The topological polar surface area (TPSA) is 29.5 Å². The number of thioether (sulfide) groups is 1. The van der Waals surface area contributed by atoms with Crippen molar-refractivity contribution in [1.29, 1.82) is 0 Å². The maximum Gasteiger partial charge on any atom is 0.143 e. The predicted molar refractivity (Wildman–Crippen MR) is 153 cm³/mol. The lowest BCUT2D eigenvalue weighted by Gasteiger charge is -2.37. The van der Waals surface area contributed by atoms with Gasteiger partial charge in [0.15, 0.2) is 0 Å². The standard InChI is InChI=1S/C34H30O2S/c35-32(33(27-16-6-1-7-17-27)37-31-24-14-5-15-25-31)26-36-34(28-18-8-2-9-19-28,29-20-10-3-11-21-29)30-22-12-4-13-23-30/h1-25,32-33,35H,26H2/t32-,33+/m0/s1. The Balaban J connectivity index is 1.54. The molecule has 2 nitrogen and oxygen atoms in total. The molecule has 0 bridgehead atoms. The normalized spacial score (nSPS) is 13.1. The lowest BCUT2D eigenvalue weighted by molar-refractivity contribution is -0.0384. The van der Waals surface area contributed by atoms with Crippen LogP contribution in [0.1, 0.15) is 27.5 Å². The molecule has 3 heteroatoms. The molecule has 0 saturated carbocycles. The van der Waals surface area contributed by atoms with Gasteiger partial charge in [0.05, 0.1) is 18.0 Å². The van der Waals surface area contributed by atoms with Crippen molar-refractivity contribution in [2.45, 2.75) is 21.9 Å². The van der Waals surface area contributed by atoms with Crippen LogP contribution in [0.4, 0.5) is 0 Å². The molecular weight excluding hydrogens is 472 g/mol. The SMILES string of the molecule is O[C@@H](COC(c1ccccc1)(c1ccccc1)c1ccccc1)[C@H](Sc1ccccc1)c1ccccc1. The molecule has 0 spiro atoms. The summed E-state index contributed by atoms with van der Waals surface area (Å²) in [4.78, 5) is 1.11. The molecule has 0 unspecified atom stereocenters. The van der Waals surface area contributed by atoms with Gasteiger partial charge in [-0.05, 0) is 34.4 Å². The summed E-state index contributed by atoms with van der Waals surface area (Å²) in [5, 5.41) is 11.5. The van der Waals surface area contributed by atoms with Gasteiger partial charge in [-0.15, -0.1) is 11.8 Å². The Bertz CT molecular complexity index is 1250. The van der Waals surface area contributed by atoms with Crippen molar-refractivity contribution in [2.75, 3.05) is 6.61 Å². The van der Waals surface area contributed by atoms with Crippen molar-refractivity contribution in [3.05, 3.63) is 174 Å². The number of hydrogen-bond acceptors (Lipinski definition) is 3. The predicted octanol–water partition coefficient (Wildman–Crippen LogP) is 7.89. The number of aliphatic hydroxyl groups is 1. The molecule has 0 saturated heterocycles. The smallest absolute Gasteiger partial charge is 0.143 e. The van der Waals surface area contributed by atoms with Gasteiger partial charge in [-0.25, -0.2) is 0 Å². The van der Waals surface area contributed by atoms with E-state index in [9.17, 15) is 5.11 Å². The Hall–Kier alpha value is -3.63. The van der Waals surface area contributed by atoms with Gasteiger partial charge in [0, 0.05) is 4.90 Å². The summed E-state index contributed by atoms with van der Waals surface area (Å²) in [6.45, 7) is 0.151. The van der Waals surface area contributed by atoms with E-state index in [1.807, 2.05) is 91.0 Å². The fourth-order valence-electron chi connectivity index (χ4n) is 4.72. The Kier molecular flexibility index (Phi) is 8.17. The van der Waals surface area contributed by atoms with Crippen molar-refractivity contribution >= 4 is 11.8 Å². The van der Waals surface area contributed by atoms with Crippen molar-refractivity contribution < 1.29 is 9.84 Å². The monoisotopic (exact) mass is 502 g/mol. The third-order valence-electron chi connectivity index (χ3n) is 6.50. The molecule has 184 valence electrons. The van der Waals surface area contributed by atoms with Crippen molar-refractivity contribution in [1.82, 2.24) is 0 Å². The Morgan fingerprint density at radius 3 is 1.35 bits per heavy atom. The molecule has 0 heterocycles. The first kappa shape index (κ1) is 25.0. The average Bonchev–Trinajstić information content (AvgIpc) is 2.99. The van der Waals surface area contributed by atoms with Crippen LogP contribution in [0.3, 0.4) is 0 Å². The molecule has 37 heavy (non-hydrogen) atoms. The first-order chi connectivity index (χ1) is 18.3. The summed E-state index contributed by atoms with van der Waals surface area (Å²) in [7, 11) is 0. The summed E-state index contributed by atoms with van der Waals surface area (Å²) >= 11 is 1.66. The third-order valence-corrected chi connectivity index (χ3v) is 7.88. The minimum Gasteiger partial charge on any atom is -0.389 e. The van der Waals surface area contributed by atoms with Crippen LogP contribution in [0.15, 0.2) is 157 Å². The molecule has 5 aromatic carbocycles. The van der Waals surface area contributed by atoms with Crippen LogP contribution < -0.4 is 0 Å². The molecule has 0 aliphatic carbocycles. The zero-order valence-electron chi connectivity index (χ0n) is 20.6. The van der Waals surface area contributed by atoms with E-state index in [4.69, 9.17) is 4.74 Å². The van der Waals surface area contributed by atoms with E-state index in [-0.39, 0.29) is 11.9 Å². The fourth-order valence-corrected chi connectivity index (χ4v) is 5.86. The summed E-state index contributed by atoms with van der Waals surface area (Å²) in [6, 6.07) is 51.2. The van der Waals surface area contributed by atoms with Gasteiger partial charge in [0.1, 0.15) is 5.60 Å². The minimum absolute atomic E-state index is 0.151. The van der Waals surface area contributed by atoms with Crippen molar-refractivity contribution in [3.63, 3.8) is 0 Å². The molecule has 5 rings (SSSR count). The van der Waals surface area contributed by atoms with Crippen molar-refractivity contribution in [3.8, 4) is 0 Å². The Morgan fingerprint density at radius 1 is 0.541 bits per heavy atom. The maximum atomic E-state index is 11.7.